The van der Waals surface area contributed by atoms with Crippen LogP contribution in [0.25, 0.3) is 0 Å². The first-order chi connectivity index (χ1) is 10.7. The summed E-state index contributed by atoms with van der Waals surface area (Å²) < 4.78 is 5.45. The van der Waals surface area contributed by atoms with Crippen molar-refractivity contribution in [2.45, 2.75) is 44.9 Å². The van der Waals surface area contributed by atoms with E-state index in [4.69, 9.17) is 4.74 Å². The number of nitro benzene ring substituents is 1. The molecule has 1 aromatic rings. The van der Waals surface area contributed by atoms with Crippen molar-refractivity contribution in [2.75, 3.05) is 18.0 Å². The van der Waals surface area contributed by atoms with Gasteiger partial charge in [-0.25, -0.2) is 4.79 Å². The number of carbonyl (C=O) groups is 1. The molecule has 0 radical (unpaired) electrons. The molecule has 0 saturated carbocycles. The van der Waals surface area contributed by atoms with E-state index in [9.17, 15) is 14.9 Å². The fraction of sp³-hybridized carbons (Fsp3) is 0.562. The van der Waals surface area contributed by atoms with Crippen molar-refractivity contribution in [1.29, 1.82) is 0 Å². The Bertz CT molecular complexity index is 623. The van der Waals surface area contributed by atoms with Gasteiger partial charge in [-0.1, -0.05) is 0 Å². The molecule has 3 rings (SSSR count). The van der Waals surface area contributed by atoms with Gasteiger partial charge in [-0.2, -0.15) is 0 Å². The Morgan fingerprint density at radius 1 is 1.22 bits per heavy atom. The van der Waals surface area contributed by atoms with Crippen LogP contribution in [0, 0.1) is 10.1 Å². The van der Waals surface area contributed by atoms with Crippen LogP contribution in [0.3, 0.4) is 0 Å². The maximum Gasteiger partial charge on any atom is 0.410 e. The molecule has 7 nitrogen and oxygen atoms in total. The normalized spacial score (nSPS) is 23.3. The van der Waals surface area contributed by atoms with Crippen molar-refractivity contribution in [1.82, 2.24) is 4.90 Å². The van der Waals surface area contributed by atoms with Crippen LogP contribution in [0.15, 0.2) is 24.3 Å². The van der Waals surface area contributed by atoms with Gasteiger partial charge in [0.1, 0.15) is 5.60 Å². The summed E-state index contributed by atoms with van der Waals surface area (Å²) >= 11 is 0. The van der Waals surface area contributed by atoms with E-state index in [0.29, 0.717) is 6.54 Å². The Hall–Kier alpha value is -2.31. The van der Waals surface area contributed by atoms with E-state index in [1.165, 1.54) is 12.1 Å². The summed E-state index contributed by atoms with van der Waals surface area (Å²) in [6, 6.07) is 6.98. The molecule has 124 valence electrons. The van der Waals surface area contributed by atoms with Gasteiger partial charge in [-0.05, 0) is 39.3 Å². The molecular weight excluding hydrogens is 298 g/mol. The Labute approximate surface area is 135 Å². The van der Waals surface area contributed by atoms with Crippen molar-refractivity contribution in [3.63, 3.8) is 0 Å². The molecule has 2 bridgehead atoms. The highest BCUT2D eigenvalue weighted by Crippen LogP contribution is 2.35. The Kier molecular flexibility index (Phi) is 3.66. The number of amides is 1. The first-order valence-corrected chi connectivity index (χ1v) is 7.75. The molecule has 1 aromatic carbocycles. The van der Waals surface area contributed by atoms with E-state index in [1.807, 2.05) is 20.8 Å². The average molecular weight is 319 g/mol. The van der Waals surface area contributed by atoms with Crippen molar-refractivity contribution in [2.24, 2.45) is 0 Å². The topological polar surface area (TPSA) is 75.9 Å². The van der Waals surface area contributed by atoms with Gasteiger partial charge in [0.05, 0.1) is 11.0 Å². The minimum Gasteiger partial charge on any atom is -0.444 e. The lowest BCUT2D eigenvalue weighted by atomic mass is 10.2. The van der Waals surface area contributed by atoms with Crippen LogP contribution in [-0.2, 0) is 4.74 Å². The van der Waals surface area contributed by atoms with Gasteiger partial charge in [0.25, 0.3) is 5.69 Å². The highest BCUT2D eigenvalue weighted by Gasteiger charge is 2.46. The smallest absolute Gasteiger partial charge is 0.410 e. The van der Waals surface area contributed by atoms with E-state index >= 15 is 0 Å². The maximum atomic E-state index is 12.2. The van der Waals surface area contributed by atoms with Crippen molar-refractivity contribution < 1.29 is 14.5 Å². The van der Waals surface area contributed by atoms with Gasteiger partial charge in [0.2, 0.25) is 0 Å². The number of hydrogen-bond donors (Lipinski definition) is 0. The lowest BCUT2D eigenvalue weighted by molar-refractivity contribution is -0.384. The van der Waals surface area contributed by atoms with Crippen molar-refractivity contribution in [3.05, 3.63) is 34.4 Å². The second-order valence-electron chi connectivity index (χ2n) is 7.10. The number of anilines is 1. The quantitative estimate of drug-likeness (QED) is 0.619. The number of hydrogen-bond acceptors (Lipinski definition) is 5. The molecule has 2 heterocycles. The van der Waals surface area contributed by atoms with Gasteiger partial charge in [-0.3, -0.25) is 10.1 Å². The molecule has 2 fully saturated rings. The molecular formula is C16H21N3O4. The van der Waals surface area contributed by atoms with E-state index < -0.39 is 10.5 Å². The third-order valence-electron chi connectivity index (χ3n) is 4.26. The number of benzene rings is 1. The fourth-order valence-corrected chi connectivity index (χ4v) is 3.29. The number of nitrogens with zero attached hydrogens (tertiary/aromatic N) is 3. The molecule has 0 aromatic heterocycles. The molecule has 0 aliphatic carbocycles. The van der Waals surface area contributed by atoms with Crippen molar-refractivity contribution >= 4 is 17.5 Å². The van der Waals surface area contributed by atoms with Crippen LogP contribution >= 0.6 is 0 Å². The number of fused-ring (bicyclic) bond motifs is 2. The standard InChI is InChI=1S/C16H21N3O4/c1-16(2,3)23-15(20)18-10-13-8-14(18)9-17(13)11-4-6-12(7-5-11)19(21)22/h4-7,13-14H,8-10H2,1-3H3/t13-,14-/m1/s1. The summed E-state index contributed by atoms with van der Waals surface area (Å²) in [5.74, 6) is 0. The third kappa shape index (κ3) is 3.09. The Morgan fingerprint density at radius 2 is 1.87 bits per heavy atom. The summed E-state index contributed by atoms with van der Waals surface area (Å²) in [6.45, 7) is 6.96. The monoisotopic (exact) mass is 319 g/mol. The first kappa shape index (κ1) is 15.6. The number of piperazine rings is 1. The van der Waals surface area contributed by atoms with Crippen LogP contribution in [0.5, 0.6) is 0 Å². The van der Waals surface area contributed by atoms with Crippen molar-refractivity contribution in [3.8, 4) is 0 Å². The Morgan fingerprint density at radius 3 is 2.35 bits per heavy atom. The van der Waals surface area contributed by atoms with Gasteiger partial charge in [0.15, 0.2) is 0 Å². The SMILES string of the molecule is CC(C)(C)OC(=O)N1C[C@H]2C[C@@H]1CN2c1ccc([N+](=O)[O-])cc1. The second-order valence-corrected chi connectivity index (χ2v) is 7.10. The average Bonchev–Trinajstić information content (AvgIpc) is 3.05. The zero-order chi connectivity index (χ0) is 16.8. The summed E-state index contributed by atoms with van der Waals surface area (Å²) in [5.41, 5.74) is 0.567. The molecule has 0 spiro atoms. The molecule has 2 saturated heterocycles. The predicted molar refractivity (Wildman–Crippen MR) is 85.6 cm³/mol. The maximum absolute atomic E-state index is 12.2. The minimum atomic E-state index is -0.489. The zero-order valence-corrected chi connectivity index (χ0v) is 13.6. The molecule has 0 N–H and O–H groups in total. The van der Waals surface area contributed by atoms with Gasteiger partial charge < -0.3 is 14.5 Å². The molecule has 7 heteroatoms. The van der Waals surface area contributed by atoms with Crippen LogP contribution < -0.4 is 4.90 Å². The minimum absolute atomic E-state index is 0.0912. The lowest BCUT2D eigenvalue weighted by Crippen LogP contribution is -2.50. The van der Waals surface area contributed by atoms with Crippen LogP contribution in [-0.4, -0.2) is 46.7 Å². The number of ether oxygens (including phenoxy) is 1. The van der Waals surface area contributed by atoms with Gasteiger partial charge >= 0.3 is 6.09 Å². The van der Waals surface area contributed by atoms with Crippen LogP contribution in [0.2, 0.25) is 0 Å². The van der Waals surface area contributed by atoms with Gasteiger partial charge in [-0.15, -0.1) is 0 Å². The van der Waals surface area contributed by atoms with Crippen LogP contribution in [0.1, 0.15) is 27.2 Å². The Balaban J connectivity index is 1.66. The molecule has 1 amide bonds. The summed E-state index contributed by atoms with van der Waals surface area (Å²) in [6.07, 6.45) is 0.657. The first-order valence-electron chi connectivity index (χ1n) is 7.75. The molecule has 2 aliphatic heterocycles. The predicted octanol–water partition coefficient (Wildman–Crippen LogP) is 2.79. The van der Waals surface area contributed by atoms with Gasteiger partial charge in [0, 0.05) is 37.0 Å². The number of carbonyl (C=O) groups excluding carboxylic acids is 1. The summed E-state index contributed by atoms with van der Waals surface area (Å²) in [4.78, 5) is 26.6. The van der Waals surface area contributed by atoms with E-state index in [0.717, 1.165) is 18.7 Å². The number of likely N-dealkylation sites (tertiary alicyclic amines) is 1. The molecule has 23 heavy (non-hydrogen) atoms. The fourth-order valence-electron chi connectivity index (χ4n) is 3.29. The van der Waals surface area contributed by atoms with E-state index in [1.54, 1.807) is 17.0 Å². The number of nitro groups is 1. The molecule has 2 atom stereocenters. The molecule has 2 aliphatic rings. The highest BCUT2D eigenvalue weighted by molar-refractivity contribution is 5.70. The number of non-ortho nitro benzene ring substituents is 1. The molecule has 0 unspecified atom stereocenters. The third-order valence-corrected chi connectivity index (χ3v) is 4.26. The van der Waals surface area contributed by atoms with E-state index in [-0.39, 0.29) is 23.9 Å². The summed E-state index contributed by atoms with van der Waals surface area (Å²) in [5, 5.41) is 10.7. The van der Waals surface area contributed by atoms with E-state index in [2.05, 4.69) is 4.90 Å². The highest BCUT2D eigenvalue weighted by atomic mass is 16.6. The van der Waals surface area contributed by atoms with Crippen LogP contribution in [0.4, 0.5) is 16.2 Å². The zero-order valence-electron chi connectivity index (χ0n) is 13.6. The lowest BCUT2D eigenvalue weighted by Gasteiger charge is -2.36. The largest absolute Gasteiger partial charge is 0.444 e. The second kappa shape index (κ2) is 5.40. The summed E-state index contributed by atoms with van der Waals surface area (Å²) in [7, 11) is 0. The number of rotatable bonds is 2.